The molecule has 0 aromatic heterocycles. The Morgan fingerprint density at radius 3 is 2.74 bits per heavy atom. The minimum atomic E-state index is -0.544. The van der Waals surface area contributed by atoms with Gasteiger partial charge in [0.1, 0.15) is 6.61 Å². The van der Waals surface area contributed by atoms with Gasteiger partial charge in [-0.25, -0.2) is 9.79 Å². The summed E-state index contributed by atoms with van der Waals surface area (Å²) in [5.74, 6) is -0.538. The van der Waals surface area contributed by atoms with Crippen molar-refractivity contribution in [1.29, 1.82) is 0 Å². The molecule has 2 aliphatic rings. The van der Waals surface area contributed by atoms with Crippen LogP contribution in [0.15, 0.2) is 52.7 Å². The Labute approximate surface area is 162 Å². The van der Waals surface area contributed by atoms with Gasteiger partial charge in [0.15, 0.2) is 5.17 Å². The highest BCUT2D eigenvalue weighted by Crippen LogP contribution is 2.36. The summed E-state index contributed by atoms with van der Waals surface area (Å²) in [6.45, 7) is 4.08. The van der Waals surface area contributed by atoms with Crippen molar-refractivity contribution in [3.63, 3.8) is 0 Å². The number of amidine groups is 1. The zero-order chi connectivity index (χ0) is 19.4. The van der Waals surface area contributed by atoms with Gasteiger partial charge in [0.2, 0.25) is 5.91 Å². The second kappa shape index (κ2) is 8.54. The van der Waals surface area contributed by atoms with Crippen LogP contribution in [0.1, 0.15) is 19.4 Å². The van der Waals surface area contributed by atoms with Gasteiger partial charge in [0, 0.05) is 7.11 Å². The molecule has 0 radical (unpaired) electrons. The molecule has 2 aliphatic heterocycles. The first kappa shape index (κ1) is 19.4. The largest absolute Gasteiger partial charge is 0.460 e. The molecule has 1 aromatic rings. The summed E-state index contributed by atoms with van der Waals surface area (Å²) in [6, 6.07) is 9.20. The van der Waals surface area contributed by atoms with Gasteiger partial charge in [-0.3, -0.25) is 9.69 Å². The van der Waals surface area contributed by atoms with E-state index < -0.39 is 12.0 Å². The third-order valence-corrected chi connectivity index (χ3v) is 5.37. The Hall–Kier alpha value is -2.38. The lowest BCUT2D eigenvalue weighted by atomic mass is 10.00. The molecule has 2 atom stereocenters. The Balaban J connectivity index is 1.95. The zero-order valence-electron chi connectivity index (χ0n) is 15.5. The monoisotopic (exact) mass is 386 g/mol. The predicted octanol–water partition coefficient (Wildman–Crippen LogP) is 2.87. The van der Waals surface area contributed by atoms with Crippen LogP contribution in [0.4, 0.5) is 0 Å². The van der Waals surface area contributed by atoms with E-state index in [0.717, 1.165) is 5.56 Å². The molecule has 0 saturated carbocycles. The number of aliphatic imine (C=N–C) groups is 1. The van der Waals surface area contributed by atoms with E-state index in [1.165, 1.54) is 11.8 Å². The summed E-state index contributed by atoms with van der Waals surface area (Å²) in [5, 5.41) is 0.397. The summed E-state index contributed by atoms with van der Waals surface area (Å²) < 4.78 is 10.3. The van der Waals surface area contributed by atoms with Crippen molar-refractivity contribution in [1.82, 2.24) is 4.90 Å². The number of rotatable bonds is 6. The SMILES string of the molecule is COCCOC(=O)C1=C(C)N=C2S[C@@H](C)C(=O)N2[C@H]1/C=C/c1ccccc1. The second-order valence-corrected chi connectivity index (χ2v) is 7.51. The lowest BCUT2D eigenvalue weighted by Gasteiger charge is -2.30. The maximum atomic E-state index is 12.7. The van der Waals surface area contributed by atoms with Crippen LogP contribution in [0.5, 0.6) is 0 Å². The van der Waals surface area contributed by atoms with Gasteiger partial charge in [-0.2, -0.15) is 0 Å². The summed E-state index contributed by atoms with van der Waals surface area (Å²) >= 11 is 1.41. The third kappa shape index (κ3) is 4.14. The lowest BCUT2D eigenvalue weighted by molar-refractivity contribution is -0.141. The number of amides is 1. The van der Waals surface area contributed by atoms with E-state index in [1.54, 1.807) is 18.9 Å². The minimum absolute atomic E-state index is 0.0591. The number of esters is 1. The van der Waals surface area contributed by atoms with E-state index in [1.807, 2.05) is 49.4 Å². The first-order chi connectivity index (χ1) is 13.0. The standard InChI is InChI=1S/C20H22N2O4S/c1-13-17(19(24)26-12-11-25-3)16(10-9-15-7-5-4-6-8-15)22-18(23)14(2)27-20(22)21-13/h4-10,14,16H,11-12H2,1-3H3/b10-9+/t14-,16-/m0/s1. The van der Waals surface area contributed by atoms with Crippen molar-refractivity contribution in [3.05, 3.63) is 53.2 Å². The summed E-state index contributed by atoms with van der Waals surface area (Å²) in [7, 11) is 1.54. The van der Waals surface area contributed by atoms with Gasteiger partial charge in [-0.05, 0) is 19.4 Å². The number of nitrogens with zero attached hydrogens (tertiary/aromatic N) is 2. The molecule has 6 nitrogen and oxygen atoms in total. The van der Waals surface area contributed by atoms with Crippen LogP contribution in [-0.4, -0.2) is 53.6 Å². The molecule has 0 bridgehead atoms. The molecule has 0 aliphatic carbocycles. The molecule has 0 unspecified atom stereocenters. The Morgan fingerprint density at radius 2 is 2.04 bits per heavy atom. The molecule has 1 amide bonds. The molecule has 0 spiro atoms. The van der Waals surface area contributed by atoms with E-state index in [2.05, 4.69) is 4.99 Å². The van der Waals surface area contributed by atoms with Crippen molar-refractivity contribution in [2.45, 2.75) is 25.1 Å². The molecule has 7 heteroatoms. The van der Waals surface area contributed by atoms with Crippen LogP contribution < -0.4 is 0 Å². The van der Waals surface area contributed by atoms with E-state index in [0.29, 0.717) is 23.0 Å². The molecule has 3 rings (SSSR count). The highest BCUT2D eigenvalue weighted by Gasteiger charge is 2.44. The van der Waals surface area contributed by atoms with Gasteiger partial charge < -0.3 is 9.47 Å². The van der Waals surface area contributed by atoms with Crippen LogP contribution in [0, 0.1) is 0 Å². The average Bonchev–Trinajstić information content (AvgIpc) is 2.94. The zero-order valence-corrected chi connectivity index (χ0v) is 16.4. The highest BCUT2D eigenvalue weighted by atomic mass is 32.2. The van der Waals surface area contributed by atoms with Gasteiger partial charge in [-0.1, -0.05) is 54.2 Å². The van der Waals surface area contributed by atoms with Gasteiger partial charge in [0.25, 0.3) is 0 Å². The molecular formula is C20H22N2O4S. The fraction of sp³-hybridized carbons (Fsp3) is 0.350. The number of thioether (sulfide) groups is 1. The topological polar surface area (TPSA) is 68.2 Å². The average molecular weight is 386 g/mol. The summed E-state index contributed by atoms with van der Waals surface area (Å²) in [5.41, 5.74) is 1.93. The number of methoxy groups -OCH3 is 1. The lowest BCUT2D eigenvalue weighted by Crippen LogP contribution is -2.45. The number of allylic oxidation sites excluding steroid dienone is 1. The molecule has 2 heterocycles. The first-order valence-electron chi connectivity index (χ1n) is 8.71. The molecule has 0 N–H and O–H groups in total. The third-order valence-electron chi connectivity index (χ3n) is 4.31. The second-order valence-electron chi connectivity index (χ2n) is 6.21. The normalized spacial score (nSPS) is 22.3. The summed E-state index contributed by atoms with van der Waals surface area (Å²) in [4.78, 5) is 31.5. The maximum Gasteiger partial charge on any atom is 0.338 e. The fourth-order valence-electron chi connectivity index (χ4n) is 2.95. The van der Waals surface area contributed by atoms with Crippen LogP contribution in [-0.2, 0) is 19.1 Å². The van der Waals surface area contributed by atoms with Crippen molar-refractivity contribution >= 4 is 34.9 Å². The molecule has 1 aromatic carbocycles. The Morgan fingerprint density at radius 1 is 1.30 bits per heavy atom. The van der Waals surface area contributed by atoms with Crippen molar-refractivity contribution in [2.75, 3.05) is 20.3 Å². The van der Waals surface area contributed by atoms with E-state index in [-0.39, 0.29) is 17.8 Å². The van der Waals surface area contributed by atoms with Gasteiger partial charge in [0.05, 0.1) is 29.2 Å². The van der Waals surface area contributed by atoms with Crippen LogP contribution >= 0.6 is 11.8 Å². The summed E-state index contributed by atoms with van der Waals surface area (Å²) in [6.07, 6.45) is 3.77. The quantitative estimate of drug-likeness (QED) is 0.555. The molecule has 1 saturated heterocycles. The number of ether oxygens (including phenoxy) is 2. The number of fused-ring (bicyclic) bond motifs is 1. The van der Waals surface area contributed by atoms with E-state index in [9.17, 15) is 9.59 Å². The minimum Gasteiger partial charge on any atom is -0.460 e. The van der Waals surface area contributed by atoms with Crippen molar-refractivity contribution in [3.8, 4) is 0 Å². The van der Waals surface area contributed by atoms with Crippen LogP contribution in [0.3, 0.4) is 0 Å². The van der Waals surface area contributed by atoms with Gasteiger partial charge in [-0.15, -0.1) is 0 Å². The van der Waals surface area contributed by atoms with Crippen molar-refractivity contribution in [2.24, 2.45) is 4.99 Å². The number of benzene rings is 1. The fourth-order valence-corrected chi connectivity index (χ4v) is 3.99. The number of carbonyl (C=O) groups excluding carboxylic acids is 2. The molecule has 1 fully saturated rings. The number of hydrogen-bond donors (Lipinski definition) is 0. The number of hydrogen-bond acceptors (Lipinski definition) is 6. The van der Waals surface area contributed by atoms with E-state index in [4.69, 9.17) is 9.47 Å². The molecular weight excluding hydrogens is 364 g/mol. The first-order valence-corrected chi connectivity index (χ1v) is 9.59. The van der Waals surface area contributed by atoms with E-state index >= 15 is 0 Å². The smallest absolute Gasteiger partial charge is 0.338 e. The Kier molecular flexibility index (Phi) is 6.13. The predicted molar refractivity (Wildman–Crippen MR) is 106 cm³/mol. The Bertz CT molecular complexity index is 817. The van der Waals surface area contributed by atoms with Gasteiger partial charge >= 0.3 is 5.97 Å². The highest BCUT2D eigenvalue weighted by molar-refractivity contribution is 8.15. The maximum absolute atomic E-state index is 12.7. The van der Waals surface area contributed by atoms with Crippen molar-refractivity contribution < 1.29 is 19.1 Å². The number of carbonyl (C=O) groups is 2. The van der Waals surface area contributed by atoms with Crippen LogP contribution in [0.2, 0.25) is 0 Å². The molecule has 27 heavy (non-hydrogen) atoms. The van der Waals surface area contributed by atoms with Crippen LogP contribution in [0.25, 0.3) is 6.08 Å². The molecule has 142 valence electrons.